The molecule has 6 heteroatoms. The summed E-state index contributed by atoms with van der Waals surface area (Å²) in [5.74, 6) is 0.139. The van der Waals surface area contributed by atoms with E-state index < -0.39 is 0 Å². The molecule has 1 aromatic rings. The molecule has 98 valence electrons. The van der Waals surface area contributed by atoms with Crippen molar-refractivity contribution in [3.05, 3.63) is 27.7 Å². The number of hydrogen-bond acceptors (Lipinski definition) is 4. The van der Waals surface area contributed by atoms with Crippen LogP contribution in [0.4, 0.5) is 0 Å². The van der Waals surface area contributed by atoms with Gasteiger partial charge in [-0.2, -0.15) is 0 Å². The Hall–Kier alpha value is -1.31. The van der Waals surface area contributed by atoms with E-state index in [1.165, 1.54) is 13.2 Å². The first-order chi connectivity index (χ1) is 8.61. The molecule has 1 heterocycles. The van der Waals surface area contributed by atoms with E-state index in [0.717, 1.165) is 3.77 Å². The molecule has 0 saturated carbocycles. The number of esters is 1. The summed E-state index contributed by atoms with van der Waals surface area (Å²) in [6.45, 7) is 0.438. The Balaban J connectivity index is 2.21. The van der Waals surface area contributed by atoms with Gasteiger partial charge in [-0.1, -0.05) is 0 Å². The quantitative estimate of drug-likeness (QED) is 0.363. The molecule has 0 fully saturated rings. The number of hydrogen-bond donors (Lipinski definition) is 1. The molecule has 0 aliphatic rings. The third kappa shape index (κ3) is 5.85. The number of amides is 1. The van der Waals surface area contributed by atoms with Crippen LogP contribution in [0.1, 0.15) is 18.6 Å². The highest BCUT2D eigenvalue weighted by molar-refractivity contribution is 14.1. The molecule has 0 bridgehead atoms. The average molecular weight is 363 g/mol. The number of methoxy groups -OCH3 is 1. The summed E-state index contributed by atoms with van der Waals surface area (Å²) in [5, 5.41) is 2.66. The van der Waals surface area contributed by atoms with E-state index in [4.69, 9.17) is 4.42 Å². The largest absolute Gasteiger partial charge is 0.469 e. The predicted molar refractivity (Wildman–Crippen MR) is 74.7 cm³/mol. The fraction of sp³-hybridized carbons (Fsp3) is 0.333. The maximum Gasteiger partial charge on any atom is 0.305 e. The van der Waals surface area contributed by atoms with Crippen LogP contribution in [0.2, 0.25) is 0 Å². The van der Waals surface area contributed by atoms with Gasteiger partial charge >= 0.3 is 5.97 Å². The van der Waals surface area contributed by atoms with E-state index in [-0.39, 0.29) is 11.9 Å². The fourth-order valence-electron chi connectivity index (χ4n) is 1.18. The Bertz CT molecular complexity index is 439. The summed E-state index contributed by atoms with van der Waals surface area (Å²) < 4.78 is 10.5. The van der Waals surface area contributed by atoms with Gasteiger partial charge < -0.3 is 14.5 Å². The first-order valence-electron chi connectivity index (χ1n) is 5.40. The van der Waals surface area contributed by atoms with E-state index >= 15 is 0 Å². The Morgan fingerprint density at radius 1 is 1.50 bits per heavy atom. The second-order valence-corrected chi connectivity index (χ2v) is 4.51. The highest BCUT2D eigenvalue weighted by Crippen LogP contribution is 2.11. The molecule has 0 aliphatic heterocycles. The van der Waals surface area contributed by atoms with E-state index in [1.54, 1.807) is 12.1 Å². The molecule has 1 aromatic heterocycles. The summed E-state index contributed by atoms with van der Waals surface area (Å²) in [5.41, 5.74) is 0. The molecule has 0 radical (unpaired) electrons. The molecule has 0 atom stereocenters. The Labute approximate surface area is 119 Å². The Morgan fingerprint density at radius 2 is 2.28 bits per heavy atom. The van der Waals surface area contributed by atoms with E-state index in [2.05, 4.69) is 32.6 Å². The number of carbonyl (C=O) groups excluding carboxylic acids is 2. The van der Waals surface area contributed by atoms with Crippen molar-refractivity contribution in [3.8, 4) is 0 Å². The Kier molecular flexibility index (Phi) is 6.48. The van der Waals surface area contributed by atoms with Gasteiger partial charge in [-0.15, -0.1) is 0 Å². The third-order valence-corrected chi connectivity index (χ3v) is 2.66. The van der Waals surface area contributed by atoms with Crippen LogP contribution in [0.25, 0.3) is 6.08 Å². The van der Waals surface area contributed by atoms with Crippen LogP contribution in [-0.4, -0.2) is 25.5 Å². The van der Waals surface area contributed by atoms with E-state index in [9.17, 15) is 9.59 Å². The van der Waals surface area contributed by atoms with Crippen molar-refractivity contribution in [3.63, 3.8) is 0 Å². The van der Waals surface area contributed by atoms with Crippen LogP contribution in [0.3, 0.4) is 0 Å². The smallest absolute Gasteiger partial charge is 0.305 e. The van der Waals surface area contributed by atoms with Crippen molar-refractivity contribution in [2.24, 2.45) is 0 Å². The average Bonchev–Trinajstić information content (AvgIpc) is 2.77. The highest BCUT2D eigenvalue weighted by Gasteiger charge is 2.01. The molecular weight excluding hydrogens is 349 g/mol. The van der Waals surface area contributed by atoms with Gasteiger partial charge in [0.15, 0.2) is 3.77 Å². The molecule has 0 spiro atoms. The summed E-state index contributed by atoms with van der Waals surface area (Å²) in [7, 11) is 1.34. The summed E-state index contributed by atoms with van der Waals surface area (Å²) in [6, 6.07) is 3.59. The topological polar surface area (TPSA) is 68.5 Å². The summed E-state index contributed by atoms with van der Waals surface area (Å²) >= 11 is 2.05. The molecule has 1 amide bonds. The highest BCUT2D eigenvalue weighted by atomic mass is 127. The first-order valence-corrected chi connectivity index (χ1v) is 6.48. The predicted octanol–water partition coefficient (Wildman–Crippen LogP) is 1.97. The van der Waals surface area contributed by atoms with Crippen molar-refractivity contribution >= 4 is 40.5 Å². The van der Waals surface area contributed by atoms with Gasteiger partial charge in [0.25, 0.3) is 0 Å². The van der Waals surface area contributed by atoms with Gasteiger partial charge in [-0.25, -0.2) is 0 Å². The number of carbonyl (C=O) groups is 2. The van der Waals surface area contributed by atoms with E-state index in [1.807, 2.05) is 6.07 Å². The van der Waals surface area contributed by atoms with Gasteiger partial charge in [-0.05, 0) is 47.2 Å². The van der Waals surface area contributed by atoms with Gasteiger partial charge in [-0.3, -0.25) is 9.59 Å². The molecule has 0 aromatic carbocycles. The molecule has 0 unspecified atom stereocenters. The molecule has 5 nitrogen and oxygen atoms in total. The molecule has 0 aliphatic carbocycles. The molecular formula is C12H14INO4. The van der Waals surface area contributed by atoms with Crippen molar-refractivity contribution in [1.82, 2.24) is 5.32 Å². The lowest BCUT2D eigenvalue weighted by molar-refractivity contribution is -0.140. The number of ether oxygens (including phenoxy) is 1. The summed E-state index contributed by atoms with van der Waals surface area (Å²) in [6.07, 6.45) is 3.85. The monoisotopic (exact) mass is 363 g/mol. The zero-order valence-corrected chi connectivity index (χ0v) is 12.1. The number of furan rings is 1. The second-order valence-electron chi connectivity index (χ2n) is 3.45. The number of halogens is 1. The zero-order valence-electron chi connectivity index (χ0n) is 9.94. The lowest BCUT2D eigenvalue weighted by atomic mass is 10.3. The minimum atomic E-state index is -0.273. The first kappa shape index (κ1) is 14.7. The molecule has 1 N–H and O–H groups in total. The van der Waals surface area contributed by atoms with Crippen LogP contribution in [-0.2, 0) is 14.3 Å². The summed E-state index contributed by atoms with van der Waals surface area (Å²) in [4.78, 5) is 22.2. The van der Waals surface area contributed by atoms with E-state index in [0.29, 0.717) is 25.1 Å². The maximum atomic E-state index is 11.4. The standard InChI is InChI=1S/C12H14INO4/c1-17-12(16)3-2-8-14-11(15)7-5-9-4-6-10(13)18-9/h4-7H,2-3,8H2,1H3,(H,14,15). The van der Waals surface area contributed by atoms with Crippen molar-refractivity contribution < 1.29 is 18.7 Å². The van der Waals surface area contributed by atoms with Gasteiger partial charge in [0.05, 0.1) is 7.11 Å². The fourth-order valence-corrected chi connectivity index (χ4v) is 1.62. The maximum absolute atomic E-state index is 11.4. The zero-order chi connectivity index (χ0) is 13.4. The van der Waals surface area contributed by atoms with Crippen LogP contribution in [0.15, 0.2) is 22.6 Å². The van der Waals surface area contributed by atoms with Gasteiger partial charge in [0.2, 0.25) is 5.91 Å². The third-order valence-electron chi connectivity index (χ3n) is 2.08. The van der Waals surface area contributed by atoms with Crippen LogP contribution in [0.5, 0.6) is 0 Å². The minimum absolute atomic E-state index is 0.216. The van der Waals surface area contributed by atoms with Crippen LogP contribution >= 0.6 is 22.6 Å². The number of nitrogens with one attached hydrogen (secondary N) is 1. The number of rotatable bonds is 6. The second kappa shape index (κ2) is 7.91. The Morgan fingerprint density at radius 3 is 2.89 bits per heavy atom. The van der Waals surface area contributed by atoms with Gasteiger partial charge in [0, 0.05) is 19.0 Å². The molecule has 1 rings (SSSR count). The van der Waals surface area contributed by atoms with Crippen LogP contribution in [0, 0.1) is 3.77 Å². The van der Waals surface area contributed by atoms with Crippen molar-refractivity contribution in [1.29, 1.82) is 0 Å². The van der Waals surface area contributed by atoms with Crippen molar-refractivity contribution in [2.75, 3.05) is 13.7 Å². The molecule has 18 heavy (non-hydrogen) atoms. The lowest BCUT2D eigenvalue weighted by Crippen LogP contribution is -2.22. The SMILES string of the molecule is COC(=O)CCCNC(=O)C=Cc1ccc(I)o1. The lowest BCUT2D eigenvalue weighted by Gasteiger charge is -2.00. The molecule has 0 saturated heterocycles. The normalized spacial score (nSPS) is 10.6. The van der Waals surface area contributed by atoms with Crippen LogP contribution < -0.4 is 5.32 Å². The van der Waals surface area contributed by atoms with Gasteiger partial charge in [0.1, 0.15) is 5.76 Å². The van der Waals surface area contributed by atoms with Crippen molar-refractivity contribution in [2.45, 2.75) is 12.8 Å². The minimum Gasteiger partial charge on any atom is -0.469 e.